The summed E-state index contributed by atoms with van der Waals surface area (Å²) in [5.41, 5.74) is -1.01. The predicted octanol–water partition coefficient (Wildman–Crippen LogP) is 1.66. The monoisotopic (exact) mass is 269 g/mol. The minimum atomic E-state index is -1.01. The molecule has 0 aromatic heterocycles. The first-order valence-electron chi connectivity index (χ1n) is 7.15. The van der Waals surface area contributed by atoms with Gasteiger partial charge in [-0.3, -0.25) is 4.79 Å². The van der Waals surface area contributed by atoms with Crippen LogP contribution < -0.4 is 0 Å². The number of carbonyl (C=O) groups excluding carboxylic acids is 1. The van der Waals surface area contributed by atoms with Gasteiger partial charge in [0.2, 0.25) is 5.91 Å². The van der Waals surface area contributed by atoms with E-state index in [0.29, 0.717) is 38.5 Å². The van der Waals surface area contributed by atoms with Crippen molar-refractivity contribution in [2.24, 2.45) is 5.92 Å². The highest BCUT2D eigenvalue weighted by Gasteiger charge is 2.44. The molecule has 1 unspecified atom stereocenters. The van der Waals surface area contributed by atoms with Crippen LogP contribution in [-0.2, 0) is 14.3 Å². The summed E-state index contributed by atoms with van der Waals surface area (Å²) in [5.74, 6) is -0.537. The van der Waals surface area contributed by atoms with E-state index in [9.17, 15) is 14.7 Å². The molecule has 1 atom stereocenters. The third-order valence-electron chi connectivity index (χ3n) is 4.46. The molecule has 5 heteroatoms. The van der Waals surface area contributed by atoms with Crippen molar-refractivity contribution in [3.8, 4) is 0 Å². The molecule has 0 aliphatic carbocycles. The lowest BCUT2D eigenvalue weighted by atomic mass is 9.87. The summed E-state index contributed by atoms with van der Waals surface area (Å²) in [6.45, 7) is 3.68. The van der Waals surface area contributed by atoms with Gasteiger partial charge in [0.05, 0.1) is 0 Å². The van der Waals surface area contributed by atoms with Gasteiger partial charge >= 0.3 is 5.97 Å². The van der Waals surface area contributed by atoms with Gasteiger partial charge in [0, 0.05) is 26.2 Å². The van der Waals surface area contributed by atoms with Gasteiger partial charge in [-0.05, 0) is 44.9 Å². The summed E-state index contributed by atoms with van der Waals surface area (Å²) in [4.78, 5) is 25.5. The number of hydrogen-bond acceptors (Lipinski definition) is 3. The van der Waals surface area contributed by atoms with E-state index in [1.54, 1.807) is 11.8 Å². The van der Waals surface area contributed by atoms with Crippen LogP contribution in [0.25, 0.3) is 0 Å². The maximum atomic E-state index is 12.4. The van der Waals surface area contributed by atoms with Crippen molar-refractivity contribution in [3.05, 3.63) is 0 Å². The number of aliphatic carboxylic acids is 1. The number of piperidine rings is 1. The zero-order valence-electron chi connectivity index (χ0n) is 11.6. The van der Waals surface area contributed by atoms with E-state index in [2.05, 4.69) is 0 Å². The number of rotatable bonds is 3. The van der Waals surface area contributed by atoms with Crippen LogP contribution in [0.4, 0.5) is 0 Å². The van der Waals surface area contributed by atoms with Gasteiger partial charge in [-0.1, -0.05) is 0 Å². The maximum absolute atomic E-state index is 12.4. The summed E-state index contributed by atoms with van der Waals surface area (Å²) in [6.07, 6.45) is 4.62. The lowest BCUT2D eigenvalue weighted by Gasteiger charge is -2.42. The number of carboxylic acids is 1. The molecule has 0 bridgehead atoms. The molecule has 2 aliphatic heterocycles. The Labute approximate surface area is 113 Å². The molecule has 1 N–H and O–H groups in total. The molecule has 2 rings (SSSR count). The number of likely N-dealkylation sites (tertiary alicyclic amines) is 1. The lowest BCUT2D eigenvalue weighted by Crippen LogP contribution is -2.57. The topological polar surface area (TPSA) is 66.8 Å². The Morgan fingerprint density at radius 3 is 2.63 bits per heavy atom. The Morgan fingerprint density at radius 1 is 1.32 bits per heavy atom. The average molecular weight is 269 g/mol. The summed E-state index contributed by atoms with van der Waals surface area (Å²) >= 11 is 0. The van der Waals surface area contributed by atoms with Gasteiger partial charge in [-0.25, -0.2) is 4.79 Å². The molecular formula is C14H23NO4. The van der Waals surface area contributed by atoms with Gasteiger partial charge in [0.15, 0.2) is 0 Å². The van der Waals surface area contributed by atoms with Crippen molar-refractivity contribution in [2.75, 3.05) is 19.8 Å². The summed E-state index contributed by atoms with van der Waals surface area (Å²) in [7, 11) is 0. The van der Waals surface area contributed by atoms with E-state index in [1.165, 1.54) is 0 Å². The van der Waals surface area contributed by atoms with Gasteiger partial charge in [0.1, 0.15) is 5.54 Å². The fourth-order valence-electron chi connectivity index (χ4n) is 3.05. The van der Waals surface area contributed by atoms with Crippen LogP contribution >= 0.6 is 0 Å². The smallest absolute Gasteiger partial charge is 0.329 e. The molecule has 0 aromatic rings. The standard InChI is InChI=1S/C14H23NO4/c1-14(13(17)18)6-2-3-7-15(14)12(16)10-11-4-8-19-9-5-11/h11H,2-10H2,1H3,(H,17,18). The molecule has 0 aromatic carbocycles. The number of nitrogens with zero attached hydrogens (tertiary/aromatic N) is 1. The first-order valence-corrected chi connectivity index (χ1v) is 7.15. The number of hydrogen-bond donors (Lipinski definition) is 1. The Hall–Kier alpha value is -1.10. The van der Waals surface area contributed by atoms with E-state index in [0.717, 1.165) is 25.7 Å². The molecular weight excluding hydrogens is 246 g/mol. The second kappa shape index (κ2) is 5.90. The van der Waals surface area contributed by atoms with Crippen molar-refractivity contribution in [3.63, 3.8) is 0 Å². The first-order chi connectivity index (χ1) is 9.04. The number of amides is 1. The molecule has 2 heterocycles. The zero-order valence-corrected chi connectivity index (χ0v) is 11.6. The van der Waals surface area contributed by atoms with Crippen molar-refractivity contribution >= 4 is 11.9 Å². The first kappa shape index (κ1) is 14.3. The van der Waals surface area contributed by atoms with Crippen molar-refractivity contribution in [1.82, 2.24) is 4.90 Å². The van der Waals surface area contributed by atoms with Crippen LogP contribution in [-0.4, -0.2) is 47.2 Å². The van der Waals surface area contributed by atoms with E-state index in [-0.39, 0.29) is 5.91 Å². The normalized spacial score (nSPS) is 29.2. The minimum Gasteiger partial charge on any atom is -0.480 e. The third-order valence-corrected chi connectivity index (χ3v) is 4.46. The molecule has 2 saturated heterocycles. The number of ether oxygens (including phenoxy) is 1. The second-order valence-electron chi connectivity index (χ2n) is 5.84. The SMILES string of the molecule is CC1(C(=O)O)CCCCN1C(=O)CC1CCOCC1. The largest absolute Gasteiger partial charge is 0.480 e. The Balaban J connectivity index is 2.01. The average Bonchev–Trinajstić information content (AvgIpc) is 2.40. The minimum absolute atomic E-state index is 0.00324. The maximum Gasteiger partial charge on any atom is 0.329 e. The highest BCUT2D eigenvalue weighted by atomic mass is 16.5. The predicted molar refractivity (Wildman–Crippen MR) is 69.8 cm³/mol. The Morgan fingerprint density at radius 2 is 2.00 bits per heavy atom. The fourth-order valence-corrected chi connectivity index (χ4v) is 3.05. The Kier molecular flexibility index (Phi) is 4.45. The highest BCUT2D eigenvalue weighted by Crippen LogP contribution is 2.30. The van der Waals surface area contributed by atoms with E-state index in [4.69, 9.17) is 4.74 Å². The Bertz CT molecular complexity index is 351. The molecule has 2 fully saturated rings. The van der Waals surface area contributed by atoms with Crippen LogP contribution in [0.5, 0.6) is 0 Å². The third kappa shape index (κ3) is 3.08. The highest BCUT2D eigenvalue weighted by molar-refractivity contribution is 5.87. The van der Waals surface area contributed by atoms with E-state index in [1.807, 2.05) is 0 Å². The quantitative estimate of drug-likeness (QED) is 0.846. The number of carboxylic acid groups (broad SMARTS) is 1. The van der Waals surface area contributed by atoms with Gasteiger partial charge in [-0.2, -0.15) is 0 Å². The molecule has 19 heavy (non-hydrogen) atoms. The lowest BCUT2D eigenvalue weighted by molar-refractivity contribution is -0.161. The van der Waals surface area contributed by atoms with E-state index < -0.39 is 11.5 Å². The second-order valence-corrected chi connectivity index (χ2v) is 5.84. The van der Waals surface area contributed by atoms with Crippen LogP contribution in [0.15, 0.2) is 0 Å². The van der Waals surface area contributed by atoms with Gasteiger partial charge in [-0.15, -0.1) is 0 Å². The van der Waals surface area contributed by atoms with Gasteiger partial charge < -0.3 is 14.7 Å². The van der Waals surface area contributed by atoms with E-state index >= 15 is 0 Å². The van der Waals surface area contributed by atoms with Crippen LogP contribution in [0.1, 0.15) is 45.4 Å². The van der Waals surface area contributed by atoms with Crippen molar-refractivity contribution in [2.45, 2.75) is 51.0 Å². The summed E-state index contributed by atoms with van der Waals surface area (Å²) in [6, 6.07) is 0. The van der Waals surface area contributed by atoms with Crippen LogP contribution in [0.2, 0.25) is 0 Å². The zero-order chi connectivity index (χ0) is 13.9. The number of carbonyl (C=O) groups is 2. The summed E-state index contributed by atoms with van der Waals surface area (Å²) in [5, 5.41) is 9.41. The molecule has 0 spiro atoms. The van der Waals surface area contributed by atoms with Crippen LogP contribution in [0.3, 0.4) is 0 Å². The molecule has 1 amide bonds. The van der Waals surface area contributed by atoms with Crippen molar-refractivity contribution < 1.29 is 19.4 Å². The molecule has 0 saturated carbocycles. The van der Waals surface area contributed by atoms with Crippen molar-refractivity contribution in [1.29, 1.82) is 0 Å². The fraction of sp³-hybridized carbons (Fsp3) is 0.857. The molecule has 108 valence electrons. The summed E-state index contributed by atoms with van der Waals surface area (Å²) < 4.78 is 5.29. The molecule has 0 radical (unpaired) electrons. The van der Waals surface area contributed by atoms with Crippen LogP contribution in [0, 0.1) is 5.92 Å². The molecule has 5 nitrogen and oxygen atoms in total. The molecule has 2 aliphatic rings. The van der Waals surface area contributed by atoms with Gasteiger partial charge in [0.25, 0.3) is 0 Å².